The Balaban J connectivity index is 1.24. The monoisotopic (exact) mass is 712 g/mol. The Hall–Kier alpha value is -6.33. The summed E-state index contributed by atoms with van der Waals surface area (Å²) < 4.78 is 3.70. The first-order valence-electron chi connectivity index (χ1n) is 17.8. The molecule has 53 heavy (non-hydrogen) atoms. The average molecular weight is 713 g/mol. The molecule has 8 aromatic carbocycles. The van der Waals surface area contributed by atoms with E-state index < -0.39 is 0 Å². The van der Waals surface area contributed by atoms with Crippen LogP contribution >= 0.6 is 22.7 Å². The zero-order valence-corrected chi connectivity index (χ0v) is 30.3. The fraction of sp³-hybridized carbons (Fsp3) is 0. The number of thiazole rings is 1. The van der Waals surface area contributed by atoms with Crippen LogP contribution in [-0.2, 0) is 0 Å². The molecule has 10 aromatic rings. The standard InChI is InChI=1S/C49H32N2S2/c1-4-14-33(15-5-1)35-24-26-37(27-25-35)40-20-10-12-22-44(40)51(39-30-28-36(29-31-39)34-16-6-2-7-17-34)46-47-42(41-21-11-13-23-45(41)52-47)32-43-48(46)53-49(50-43)38-18-8-3-9-19-38/h1-32H. The van der Waals surface area contributed by atoms with Crippen molar-refractivity contribution < 1.29 is 0 Å². The number of para-hydroxylation sites is 1. The van der Waals surface area contributed by atoms with Gasteiger partial charge in [0.25, 0.3) is 0 Å². The highest BCUT2D eigenvalue weighted by molar-refractivity contribution is 7.27. The van der Waals surface area contributed by atoms with Crippen LogP contribution in [0.5, 0.6) is 0 Å². The van der Waals surface area contributed by atoms with Crippen LogP contribution in [0.2, 0.25) is 0 Å². The molecule has 0 fully saturated rings. The van der Waals surface area contributed by atoms with Crippen molar-refractivity contribution in [2.75, 3.05) is 4.90 Å². The Kier molecular flexibility index (Phi) is 7.90. The normalized spacial score (nSPS) is 11.4. The van der Waals surface area contributed by atoms with E-state index in [0.717, 1.165) is 27.5 Å². The minimum Gasteiger partial charge on any atom is -0.307 e. The van der Waals surface area contributed by atoms with Crippen LogP contribution in [0, 0.1) is 0 Å². The van der Waals surface area contributed by atoms with Gasteiger partial charge >= 0.3 is 0 Å². The van der Waals surface area contributed by atoms with Crippen molar-refractivity contribution in [3.8, 4) is 44.0 Å². The lowest BCUT2D eigenvalue weighted by Gasteiger charge is -2.29. The molecule has 0 radical (unpaired) electrons. The first kappa shape index (κ1) is 31.4. The summed E-state index contributed by atoms with van der Waals surface area (Å²) in [6, 6.07) is 69.7. The second-order valence-electron chi connectivity index (χ2n) is 13.1. The molecular formula is C49H32N2S2. The molecular weight excluding hydrogens is 681 g/mol. The quantitative estimate of drug-likeness (QED) is 0.164. The van der Waals surface area contributed by atoms with Crippen LogP contribution in [0.1, 0.15) is 0 Å². The van der Waals surface area contributed by atoms with Crippen molar-refractivity contribution in [2.45, 2.75) is 0 Å². The predicted octanol–water partition coefficient (Wildman–Crippen LogP) is 14.8. The molecule has 4 heteroatoms. The molecule has 0 unspecified atom stereocenters. The molecule has 0 amide bonds. The summed E-state index contributed by atoms with van der Waals surface area (Å²) in [4.78, 5) is 7.81. The van der Waals surface area contributed by atoms with E-state index in [4.69, 9.17) is 4.98 Å². The highest BCUT2D eigenvalue weighted by Gasteiger charge is 2.26. The van der Waals surface area contributed by atoms with Gasteiger partial charge in [0, 0.05) is 32.3 Å². The maximum atomic E-state index is 5.32. The molecule has 0 saturated heterocycles. The Morgan fingerprint density at radius 2 is 0.925 bits per heavy atom. The van der Waals surface area contributed by atoms with Crippen molar-refractivity contribution in [2.24, 2.45) is 0 Å². The highest BCUT2D eigenvalue weighted by Crippen LogP contribution is 2.52. The van der Waals surface area contributed by atoms with Crippen molar-refractivity contribution in [1.82, 2.24) is 4.98 Å². The number of rotatable bonds is 7. The van der Waals surface area contributed by atoms with Gasteiger partial charge in [-0.1, -0.05) is 164 Å². The molecule has 0 aliphatic carbocycles. The number of benzene rings is 8. The van der Waals surface area contributed by atoms with Crippen LogP contribution in [0.3, 0.4) is 0 Å². The van der Waals surface area contributed by atoms with Gasteiger partial charge in [-0.25, -0.2) is 4.98 Å². The number of fused-ring (bicyclic) bond motifs is 4. The van der Waals surface area contributed by atoms with E-state index in [-0.39, 0.29) is 0 Å². The molecule has 10 rings (SSSR count). The largest absolute Gasteiger partial charge is 0.307 e. The molecule has 2 nitrogen and oxygen atoms in total. The maximum Gasteiger partial charge on any atom is 0.124 e. The summed E-state index contributed by atoms with van der Waals surface area (Å²) in [7, 11) is 0. The summed E-state index contributed by atoms with van der Waals surface area (Å²) >= 11 is 3.64. The van der Waals surface area contributed by atoms with Crippen molar-refractivity contribution in [3.05, 3.63) is 194 Å². The summed E-state index contributed by atoms with van der Waals surface area (Å²) in [5.74, 6) is 0. The van der Waals surface area contributed by atoms with Crippen LogP contribution in [-0.4, -0.2) is 4.98 Å². The molecule has 0 atom stereocenters. The van der Waals surface area contributed by atoms with Gasteiger partial charge in [-0.05, 0) is 58.1 Å². The number of thiophene rings is 1. The van der Waals surface area contributed by atoms with Crippen LogP contribution in [0.15, 0.2) is 194 Å². The number of anilines is 3. The predicted molar refractivity (Wildman–Crippen MR) is 229 cm³/mol. The molecule has 2 heterocycles. The van der Waals surface area contributed by atoms with E-state index in [1.165, 1.54) is 63.9 Å². The Labute approximate surface area is 316 Å². The number of hydrogen-bond donors (Lipinski definition) is 0. The van der Waals surface area contributed by atoms with E-state index in [1.54, 1.807) is 11.3 Å². The third-order valence-electron chi connectivity index (χ3n) is 9.92. The number of aromatic nitrogens is 1. The van der Waals surface area contributed by atoms with Gasteiger partial charge in [0.1, 0.15) is 5.01 Å². The third-order valence-corrected chi connectivity index (χ3v) is 12.2. The second kappa shape index (κ2) is 13.3. The van der Waals surface area contributed by atoms with Gasteiger partial charge in [-0.15, -0.1) is 22.7 Å². The fourth-order valence-electron chi connectivity index (χ4n) is 7.34. The Bertz CT molecular complexity index is 2860. The van der Waals surface area contributed by atoms with E-state index in [2.05, 4.69) is 199 Å². The summed E-state index contributed by atoms with van der Waals surface area (Å²) in [6.07, 6.45) is 0. The maximum absolute atomic E-state index is 5.32. The van der Waals surface area contributed by atoms with Crippen LogP contribution in [0.4, 0.5) is 17.1 Å². The van der Waals surface area contributed by atoms with Crippen molar-refractivity contribution in [1.29, 1.82) is 0 Å². The van der Waals surface area contributed by atoms with E-state index in [1.807, 2.05) is 11.3 Å². The van der Waals surface area contributed by atoms with E-state index >= 15 is 0 Å². The summed E-state index contributed by atoms with van der Waals surface area (Å²) in [6.45, 7) is 0. The molecule has 2 aromatic heterocycles. The van der Waals surface area contributed by atoms with Gasteiger partial charge < -0.3 is 4.90 Å². The lowest BCUT2D eigenvalue weighted by atomic mass is 9.98. The summed E-state index contributed by atoms with van der Waals surface area (Å²) in [5, 5.41) is 3.51. The van der Waals surface area contributed by atoms with Gasteiger partial charge in [-0.2, -0.15) is 0 Å². The van der Waals surface area contributed by atoms with E-state index in [9.17, 15) is 0 Å². The topological polar surface area (TPSA) is 16.1 Å². The van der Waals surface area contributed by atoms with Crippen molar-refractivity contribution >= 4 is 70.1 Å². The molecule has 0 aliphatic heterocycles. The molecule has 250 valence electrons. The minimum atomic E-state index is 1.01. The molecule has 0 saturated carbocycles. The third kappa shape index (κ3) is 5.69. The molecule has 0 N–H and O–H groups in total. The fourth-order valence-corrected chi connectivity index (χ4v) is 9.72. The van der Waals surface area contributed by atoms with Gasteiger partial charge in [0.05, 0.1) is 26.3 Å². The van der Waals surface area contributed by atoms with Crippen LogP contribution < -0.4 is 4.90 Å². The minimum absolute atomic E-state index is 1.01. The Morgan fingerprint density at radius 1 is 0.396 bits per heavy atom. The SMILES string of the molecule is c1ccc(-c2ccc(-c3ccccc3N(c3ccc(-c4ccccc4)cc3)c3c4sc(-c5ccccc5)nc4cc4c3sc3ccccc34)cc2)cc1. The van der Waals surface area contributed by atoms with Crippen LogP contribution in [0.25, 0.3) is 74.3 Å². The Morgan fingerprint density at radius 3 is 1.60 bits per heavy atom. The zero-order valence-electron chi connectivity index (χ0n) is 28.7. The molecule has 0 spiro atoms. The molecule has 0 aliphatic rings. The highest BCUT2D eigenvalue weighted by atomic mass is 32.1. The summed E-state index contributed by atoms with van der Waals surface area (Å²) in [5.41, 5.74) is 12.7. The van der Waals surface area contributed by atoms with E-state index in [0.29, 0.717) is 0 Å². The second-order valence-corrected chi connectivity index (χ2v) is 15.2. The van der Waals surface area contributed by atoms with Gasteiger partial charge in [0.2, 0.25) is 0 Å². The number of nitrogens with zero attached hydrogens (tertiary/aromatic N) is 2. The smallest absolute Gasteiger partial charge is 0.124 e. The van der Waals surface area contributed by atoms with Gasteiger partial charge in [-0.3, -0.25) is 0 Å². The lowest BCUT2D eigenvalue weighted by Crippen LogP contribution is -2.11. The zero-order chi connectivity index (χ0) is 35.1. The number of hydrogen-bond acceptors (Lipinski definition) is 4. The van der Waals surface area contributed by atoms with Crippen molar-refractivity contribution in [3.63, 3.8) is 0 Å². The molecule has 0 bridgehead atoms. The van der Waals surface area contributed by atoms with Gasteiger partial charge in [0.15, 0.2) is 0 Å². The first-order valence-corrected chi connectivity index (χ1v) is 19.4. The first-order chi connectivity index (χ1) is 26.3. The average Bonchev–Trinajstić information content (AvgIpc) is 3.84. The lowest BCUT2D eigenvalue weighted by molar-refractivity contribution is 1.31.